The van der Waals surface area contributed by atoms with Crippen molar-refractivity contribution >= 4 is 45.3 Å². The van der Waals surface area contributed by atoms with Gasteiger partial charge in [0.2, 0.25) is 0 Å². The van der Waals surface area contributed by atoms with Crippen LogP contribution in [0, 0.1) is 11.7 Å². The zero-order chi connectivity index (χ0) is 28.2. The minimum Gasteiger partial charge on any atom is -0.327 e. The van der Waals surface area contributed by atoms with Crippen molar-refractivity contribution in [2.75, 3.05) is 33.2 Å². The van der Waals surface area contributed by atoms with Crippen LogP contribution in [-0.2, 0) is 22.7 Å². The molecule has 0 saturated carbocycles. The molecule has 3 aromatic heterocycles. The van der Waals surface area contributed by atoms with Gasteiger partial charge in [-0.2, -0.15) is 5.10 Å². The van der Waals surface area contributed by atoms with Crippen molar-refractivity contribution < 1.29 is 18.8 Å². The lowest BCUT2D eigenvalue weighted by Gasteiger charge is -2.31. The molecule has 210 valence electrons. The highest BCUT2D eigenvalue weighted by Gasteiger charge is 2.37. The fourth-order valence-electron chi connectivity index (χ4n) is 6.51. The van der Waals surface area contributed by atoms with E-state index in [4.69, 9.17) is 5.10 Å². The number of Topliss-reactive ketones (excluding diaryl/α,β-unsaturated/α-hetero) is 2. The standard InChI is InChI=1S/C30H30FN7O3/c1-35(16-18-5-7-32-8-6-18)30(41)36-10-11-38-29-19(17-36)12-20(31)13-21(29)28(34-38)27-24(40)14-23(39)26(27)22-15-33-25-4-2-3-9-37(22)25/h2-4,9,12-13,15,18,32H,5-8,10-11,14,16-17H2,1H3. The molecule has 5 heterocycles. The third-order valence-electron chi connectivity index (χ3n) is 8.46. The molecule has 1 aliphatic carbocycles. The maximum atomic E-state index is 15.1. The Balaban J connectivity index is 1.28. The first kappa shape index (κ1) is 25.6. The van der Waals surface area contributed by atoms with E-state index >= 15 is 4.39 Å². The van der Waals surface area contributed by atoms with Gasteiger partial charge < -0.3 is 15.1 Å². The highest BCUT2D eigenvalue weighted by atomic mass is 19.1. The highest BCUT2D eigenvalue weighted by molar-refractivity contribution is 6.51. The Morgan fingerprint density at radius 3 is 2.76 bits per heavy atom. The number of nitrogens with one attached hydrogen (secondary N) is 1. The Morgan fingerprint density at radius 1 is 1.12 bits per heavy atom. The van der Waals surface area contributed by atoms with Crippen LogP contribution in [0.2, 0.25) is 0 Å². The summed E-state index contributed by atoms with van der Waals surface area (Å²) in [5.74, 6) is -0.685. The van der Waals surface area contributed by atoms with E-state index < -0.39 is 5.82 Å². The highest BCUT2D eigenvalue weighted by Crippen LogP contribution is 2.39. The number of hydrogen-bond acceptors (Lipinski definition) is 6. The predicted octanol–water partition coefficient (Wildman–Crippen LogP) is 3.14. The molecule has 0 atom stereocenters. The van der Waals surface area contributed by atoms with Crippen molar-refractivity contribution in [3.8, 4) is 0 Å². The van der Waals surface area contributed by atoms with Gasteiger partial charge >= 0.3 is 6.03 Å². The molecule has 2 aliphatic heterocycles. The van der Waals surface area contributed by atoms with E-state index in [1.54, 1.807) is 31.3 Å². The Kier molecular flexibility index (Phi) is 6.19. The van der Waals surface area contributed by atoms with Gasteiger partial charge in [-0.25, -0.2) is 14.2 Å². The molecule has 1 fully saturated rings. The number of allylic oxidation sites excluding steroid dienone is 2. The van der Waals surface area contributed by atoms with Crippen molar-refractivity contribution in [3.63, 3.8) is 0 Å². The molecule has 3 aliphatic rings. The zero-order valence-corrected chi connectivity index (χ0v) is 22.8. The van der Waals surface area contributed by atoms with Crippen LogP contribution in [0.1, 0.15) is 36.2 Å². The van der Waals surface area contributed by atoms with Crippen LogP contribution >= 0.6 is 0 Å². The molecular formula is C30H30FN7O3. The summed E-state index contributed by atoms with van der Waals surface area (Å²) in [5, 5.41) is 8.61. The number of amides is 2. The zero-order valence-electron chi connectivity index (χ0n) is 22.8. The first-order chi connectivity index (χ1) is 19.9. The largest absolute Gasteiger partial charge is 0.327 e. The summed E-state index contributed by atoms with van der Waals surface area (Å²) in [5.41, 5.74) is 3.18. The number of ketones is 2. The van der Waals surface area contributed by atoms with Gasteiger partial charge in [-0.3, -0.25) is 18.7 Å². The number of carbonyl (C=O) groups excluding carboxylic acids is 3. The number of pyridine rings is 1. The molecule has 1 N–H and O–H groups in total. The van der Waals surface area contributed by atoms with Crippen molar-refractivity contribution in [2.24, 2.45) is 5.92 Å². The second kappa shape index (κ2) is 9.91. The summed E-state index contributed by atoms with van der Waals surface area (Å²) in [6.45, 7) is 3.59. The Labute approximate surface area is 235 Å². The monoisotopic (exact) mass is 555 g/mol. The lowest BCUT2D eigenvalue weighted by Crippen LogP contribution is -2.44. The predicted molar refractivity (Wildman–Crippen MR) is 150 cm³/mol. The number of aromatic nitrogens is 4. The number of carbonyl (C=O) groups is 3. The van der Waals surface area contributed by atoms with E-state index in [2.05, 4.69) is 10.3 Å². The number of hydrogen-bond donors (Lipinski definition) is 1. The van der Waals surface area contributed by atoms with Gasteiger partial charge in [0, 0.05) is 43.8 Å². The molecule has 0 radical (unpaired) electrons. The summed E-state index contributed by atoms with van der Waals surface area (Å²) < 4.78 is 18.6. The van der Waals surface area contributed by atoms with E-state index in [1.165, 1.54) is 12.1 Å². The van der Waals surface area contributed by atoms with Gasteiger partial charge in [-0.05, 0) is 56.1 Å². The van der Waals surface area contributed by atoms with Crippen LogP contribution in [-0.4, -0.2) is 79.8 Å². The van der Waals surface area contributed by atoms with Gasteiger partial charge in [-0.1, -0.05) is 6.07 Å². The number of nitrogens with zero attached hydrogens (tertiary/aromatic N) is 6. The van der Waals surface area contributed by atoms with Crippen LogP contribution in [0.3, 0.4) is 0 Å². The lowest BCUT2D eigenvalue weighted by atomic mass is 9.98. The van der Waals surface area contributed by atoms with Crippen LogP contribution in [0.5, 0.6) is 0 Å². The van der Waals surface area contributed by atoms with Gasteiger partial charge in [0.15, 0.2) is 11.6 Å². The minimum atomic E-state index is -0.487. The van der Waals surface area contributed by atoms with Crippen molar-refractivity contribution in [1.82, 2.24) is 34.3 Å². The molecule has 0 unspecified atom stereocenters. The quantitative estimate of drug-likeness (QED) is 0.388. The summed E-state index contributed by atoms with van der Waals surface area (Å²) in [6.07, 6.45) is 5.17. The van der Waals surface area contributed by atoms with Gasteiger partial charge in [0.1, 0.15) is 17.2 Å². The summed E-state index contributed by atoms with van der Waals surface area (Å²) >= 11 is 0. The lowest BCUT2D eigenvalue weighted by molar-refractivity contribution is -0.119. The third kappa shape index (κ3) is 4.31. The number of urea groups is 1. The third-order valence-corrected chi connectivity index (χ3v) is 8.46. The molecule has 4 aromatic rings. The fraction of sp³-hybridized carbons (Fsp3) is 0.367. The summed E-state index contributed by atoms with van der Waals surface area (Å²) in [7, 11) is 1.82. The number of benzene rings is 1. The molecule has 0 bridgehead atoms. The van der Waals surface area contributed by atoms with Crippen LogP contribution in [0.15, 0.2) is 42.7 Å². The normalized spacial score (nSPS) is 18.1. The smallest absolute Gasteiger partial charge is 0.320 e. The summed E-state index contributed by atoms with van der Waals surface area (Å²) in [4.78, 5) is 47.8. The van der Waals surface area contributed by atoms with Crippen LogP contribution < -0.4 is 5.32 Å². The Bertz CT molecular complexity index is 1760. The van der Waals surface area contributed by atoms with Gasteiger partial charge in [-0.15, -0.1) is 0 Å². The number of piperidine rings is 1. The average Bonchev–Trinajstić information content (AvgIpc) is 3.59. The fourth-order valence-corrected chi connectivity index (χ4v) is 6.51. The first-order valence-electron chi connectivity index (χ1n) is 14.0. The second-order valence-electron chi connectivity index (χ2n) is 11.2. The minimum absolute atomic E-state index is 0.0962. The molecule has 41 heavy (non-hydrogen) atoms. The van der Waals surface area contributed by atoms with Gasteiger partial charge in [0.25, 0.3) is 0 Å². The van der Waals surface area contributed by atoms with Crippen LogP contribution in [0.25, 0.3) is 27.7 Å². The number of imidazole rings is 1. The molecule has 11 heteroatoms. The van der Waals surface area contributed by atoms with Crippen molar-refractivity contribution in [1.29, 1.82) is 0 Å². The van der Waals surface area contributed by atoms with E-state index in [0.29, 0.717) is 59.1 Å². The van der Waals surface area contributed by atoms with E-state index in [9.17, 15) is 14.4 Å². The Hall–Kier alpha value is -4.38. The SMILES string of the molecule is CN(CC1CCNCC1)C(=O)N1CCn2nc(C3=C(c4cnc5ccccn45)C(=O)CC3=O)c3cc(F)cc(c32)C1. The average molecular weight is 556 g/mol. The van der Waals surface area contributed by atoms with E-state index in [0.717, 1.165) is 25.9 Å². The molecule has 7 rings (SSSR count). The van der Waals surface area contributed by atoms with E-state index in [1.807, 2.05) is 25.2 Å². The number of rotatable bonds is 4. The molecular weight excluding hydrogens is 525 g/mol. The molecule has 1 aromatic carbocycles. The van der Waals surface area contributed by atoms with E-state index in [-0.39, 0.29) is 41.7 Å². The summed E-state index contributed by atoms with van der Waals surface area (Å²) in [6, 6.07) is 8.20. The maximum Gasteiger partial charge on any atom is 0.320 e. The maximum absolute atomic E-state index is 15.1. The number of halogens is 1. The second-order valence-corrected chi connectivity index (χ2v) is 11.2. The molecule has 10 nitrogen and oxygen atoms in total. The van der Waals surface area contributed by atoms with Crippen molar-refractivity contribution in [2.45, 2.75) is 32.4 Å². The Morgan fingerprint density at radius 2 is 1.93 bits per heavy atom. The number of fused-ring (bicyclic) bond motifs is 1. The van der Waals surface area contributed by atoms with Crippen molar-refractivity contribution in [3.05, 3.63) is 65.5 Å². The van der Waals surface area contributed by atoms with Gasteiger partial charge in [0.05, 0.1) is 41.5 Å². The molecule has 1 saturated heterocycles. The topological polar surface area (TPSA) is 105 Å². The van der Waals surface area contributed by atoms with Crippen LogP contribution in [0.4, 0.5) is 9.18 Å². The first-order valence-corrected chi connectivity index (χ1v) is 14.0. The molecule has 0 spiro atoms. The molecule has 2 amide bonds.